The molecule has 1 fully saturated rings. The number of halogens is 1. The molecule has 2 rings (SSSR count). The number of nitrogens with zero attached hydrogens (tertiary/aromatic N) is 1. The van der Waals surface area contributed by atoms with Gasteiger partial charge in [0.2, 0.25) is 0 Å². The molecule has 22 heavy (non-hydrogen) atoms. The van der Waals surface area contributed by atoms with E-state index >= 15 is 0 Å². The van der Waals surface area contributed by atoms with E-state index in [2.05, 4.69) is 26.1 Å². The average molecular weight is 397 g/mol. The smallest absolute Gasteiger partial charge is 0.361 e. The van der Waals surface area contributed by atoms with E-state index in [1.165, 1.54) is 4.72 Å². The zero-order chi connectivity index (χ0) is 15.5. The number of hydrogen-bond acceptors (Lipinski definition) is 6. The Kier molecular flexibility index (Phi) is 6.56. The van der Waals surface area contributed by atoms with E-state index in [9.17, 15) is 13.2 Å². The largest absolute Gasteiger partial charge is 0.378 e. The molecule has 0 aliphatic carbocycles. The minimum absolute atomic E-state index is 0. The quantitative estimate of drug-likeness (QED) is 0.564. The number of amides is 2. The van der Waals surface area contributed by atoms with Crippen molar-refractivity contribution in [1.29, 1.82) is 0 Å². The lowest BCUT2D eigenvalue weighted by Crippen LogP contribution is -2.36. The van der Waals surface area contributed by atoms with E-state index in [4.69, 9.17) is 9.29 Å². The second kappa shape index (κ2) is 7.74. The van der Waals surface area contributed by atoms with Crippen LogP contribution in [0.5, 0.6) is 0 Å². The fraction of sp³-hybridized carbons (Fsp3) is 0.364. The molecule has 1 aliphatic rings. The lowest BCUT2D eigenvalue weighted by Gasteiger charge is -2.29. The molecule has 1 heterocycles. The Balaban J connectivity index is 0.00000242. The molecule has 0 saturated carbocycles. The summed E-state index contributed by atoms with van der Waals surface area (Å²) >= 11 is 3.41. The number of carbonyl (C=O) groups excluding carboxylic acids is 1. The minimum Gasteiger partial charge on any atom is -0.378 e. The van der Waals surface area contributed by atoms with Crippen molar-refractivity contribution >= 4 is 43.6 Å². The van der Waals surface area contributed by atoms with Gasteiger partial charge in [-0.15, -0.1) is 0 Å². The second-order valence-electron chi connectivity index (χ2n) is 4.30. The van der Waals surface area contributed by atoms with E-state index in [1.54, 1.807) is 18.2 Å². The first-order valence-corrected chi connectivity index (χ1v) is 8.27. The molecule has 6 N–H and O–H groups in total. The number of anilines is 2. The molecule has 11 heteroatoms. The predicted molar refractivity (Wildman–Crippen MR) is 85.9 cm³/mol. The van der Waals surface area contributed by atoms with Gasteiger partial charge < -0.3 is 21.1 Å². The third kappa shape index (κ3) is 5.42. The van der Waals surface area contributed by atoms with Crippen LogP contribution < -0.4 is 21.1 Å². The second-order valence-corrected chi connectivity index (χ2v) is 6.31. The maximum atomic E-state index is 11.3. The maximum Gasteiger partial charge on any atom is 0.361 e. The van der Waals surface area contributed by atoms with Crippen LogP contribution in [0.3, 0.4) is 0 Å². The summed E-state index contributed by atoms with van der Waals surface area (Å²) in [5.41, 5.74) is 1.35. The Hall–Kier alpha value is -1.40. The van der Waals surface area contributed by atoms with Gasteiger partial charge in [0, 0.05) is 23.2 Å². The van der Waals surface area contributed by atoms with Gasteiger partial charge in [0.15, 0.2) is 0 Å². The molecule has 9 nitrogen and oxygen atoms in total. The summed E-state index contributed by atoms with van der Waals surface area (Å²) < 4.78 is 37.0. The molecule has 2 amide bonds. The Morgan fingerprint density at radius 1 is 1.32 bits per heavy atom. The third-order valence-electron chi connectivity index (χ3n) is 2.78. The SMILES string of the molecule is N.O=C(Nc1ccc(N2CCOCC2)c(Br)c1)NS(=O)(=O)O. The van der Waals surface area contributed by atoms with Crippen molar-refractivity contribution in [1.82, 2.24) is 10.9 Å². The molecule has 124 valence electrons. The van der Waals surface area contributed by atoms with Gasteiger partial charge in [-0.1, -0.05) is 0 Å². The van der Waals surface area contributed by atoms with E-state index in [-0.39, 0.29) is 6.15 Å². The van der Waals surface area contributed by atoms with E-state index in [0.717, 1.165) is 23.2 Å². The molecular weight excluding hydrogens is 380 g/mol. The number of ether oxygens (including phenoxy) is 1. The molecule has 1 aromatic rings. The number of morpholine rings is 1. The van der Waals surface area contributed by atoms with Crippen molar-refractivity contribution in [2.24, 2.45) is 0 Å². The number of carbonyl (C=O) groups is 1. The Morgan fingerprint density at radius 2 is 1.95 bits per heavy atom. The topological polar surface area (TPSA) is 143 Å². The van der Waals surface area contributed by atoms with Crippen LogP contribution in [-0.4, -0.2) is 45.3 Å². The molecule has 1 aromatic carbocycles. The number of nitrogens with one attached hydrogen (secondary N) is 2. The summed E-state index contributed by atoms with van der Waals surface area (Å²) in [5, 5.41) is 2.31. The van der Waals surface area contributed by atoms with Crippen LogP contribution in [-0.2, 0) is 15.0 Å². The van der Waals surface area contributed by atoms with Crippen LogP contribution in [0.25, 0.3) is 0 Å². The molecule has 0 bridgehead atoms. The zero-order valence-corrected chi connectivity index (χ0v) is 14.0. The van der Waals surface area contributed by atoms with Crippen molar-refractivity contribution in [2.45, 2.75) is 0 Å². The summed E-state index contributed by atoms with van der Waals surface area (Å²) in [4.78, 5) is 13.5. The van der Waals surface area contributed by atoms with Gasteiger partial charge in [-0.25, -0.2) is 9.52 Å². The minimum atomic E-state index is -4.57. The van der Waals surface area contributed by atoms with Gasteiger partial charge in [0.25, 0.3) is 0 Å². The standard InChI is InChI=1S/C11H14BrN3O5S.H3N/c12-9-7-8(13-11(16)14-21(17,18)19)1-2-10(9)15-3-5-20-6-4-15;/h1-2,7H,3-6H2,(H2,13,14,16)(H,17,18,19);1H3. The van der Waals surface area contributed by atoms with Crippen molar-refractivity contribution in [3.05, 3.63) is 22.7 Å². The first-order valence-electron chi connectivity index (χ1n) is 6.03. The Morgan fingerprint density at radius 3 is 2.50 bits per heavy atom. The fourth-order valence-electron chi connectivity index (χ4n) is 1.92. The summed E-state index contributed by atoms with van der Waals surface area (Å²) in [6.07, 6.45) is 0. The number of rotatable bonds is 3. The Bertz CT molecular complexity index is 633. The van der Waals surface area contributed by atoms with Crippen LogP contribution in [0.15, 0.2) is 22.7 Å². The van der Waals surface area contributed by atoms with Crippen LogP contribution in [0.1, 0.15) is 0 Å². The van der Waals surface area contributed by atoms with Gasteiger partial charge in [-0.05, 0) is 34.1 Å². The molecule has 0 radical (unpaired) electrons. The predicted octanol–water partition coefficient (Wildman–Crippen LogP) is 1.37. The van der Waals surface area contributed by atoms with Crippen LogP contribution >= 0.6 is 15.9 Å². The average Bonchev–Trinajstić information content (AvgIpc) is 2.37. The first kappa shape index (κ1) is 18.6. The molecule has 0 atom stereocenters. The van der Waals surface area contributed by atoms with Crippen molar-refractivity contribution < 1.29 is 22.5 Å². The summed E-state index contributed by atoms with van der Waals surface area (Å²) in [7, 11) is -4.57. The monoisotopic (exact) mass is 396 g/mol. The molecular formula is C11H17BrN4O5S. The van der Waals surface area contributed by atoms with E-state index in [0.29, 0.717) is 18.9 Å². The van der Waals surface area contributed by atoms with Gasteiger partial charge in [-0.3, -0.25) is 4.55 Å². The Labute approximate surface area is 136 Å². The highest BCUT2D eigenvalue weighted by molar-refractivity contribution is 9.10. The summed E-state index contributed by atoms with van der Waals surface area (Å²) in [5.74, 6) is 0. The molecule has 0 unspecified atom stereocenters. The number of hydrogen-bond donors (Lipinski definition) is 4. The van der Waals surface area contributed by atoms with Crippen molar-refractivity contribution in [3.63, 3.8) is 0 Å². The highest BCUT2D eigenvalue weighted by Crippen LogP contribution is 2.29. The summed E-state index contributed by atoms with van der Waals surface area (Å²) in [6, 6.07) is 4.05. The van der Waals surface area contributed by atoms with Gasteiger partial charge >= 0.3 is 16.3 Å². The van der Waals surface area contributed by atoms with Gasteiger partial charge in [0.1, 0.15) is 0 Å². The third-order valence-corrected chi connectivity index (χ3v) is 3.86. The lowest BCUT2D eigenvalue weighted by atomic mass is 10.2. The van der Waals surface area contributed by atoms with Crippen molar-refractivity contribution in [2.75, 3.05) is 36.5 Å². The zero-order valence-electron chi connectivity index (χ0n) is 11.6. The number of benzene rings is 1. The number of urea groups is 1. The van der Waals surface area contributed by atoms with Crippen LogP contribution in [0, 0.1) is 0 Å². The fourth-order valence-corrected chi connectivity index (χ4v) is 2.83. The molecule has 0 spiro atoms. The van der Waals surface area contributed by atoms with Gasteiger partial charge in [-0.2, -0.15) is 8.42 Å². The van der Waals surface area contributed by atoms with Crippen LogP contribution in [0.2, 0.25) is 0 Å². The van der Waals surface area contributed by atoms with E-state index in [1.807, 2.05) is 0 Å². The molecule has 1 saturated heterocycles. The van der Waals surface area contributed by atoms with Gasteiger partial charge in [0.05, 0.1) is 18.9 Å². The molecule has 0 aromatic heterocycles. The molecule has 1 aliphatic heterocycles. The normalized spacial score (nSPS) is 14.9. The highest BCUT2D eigenvalue weighted by atomic mass is 79.9. The maximum absolute atomic E-state index is 11.3. The summed E-state index contributed by atoms with van der Waals surface area (Å²) in [6.45, 7) is 2.86. The van der Waals surface area contributed by atoms with Crippen molar-refractivity contribution in [3.8, 4) is 0 Å². The van der Waals surface area contributed by atoms with Crippen LogP contribution in [0.4, 0.5) is 16.2 Å². The van der Waals surface area contributed by atoms with E-state index < -0.39 is 16.3 Å². The lowest BCUT2D eigenvalue weighted by molar-refractivity contribution is 0.122. The highest BCUT2D eigenvalue weighted by Gasteiger charge is 2.15. The first-order chi connectivity index (χ1) is 9.85.